The maximum atomic E-state index is 13.8. The molecule has 2 saturated heterocycles. The summed E-state index contributed by atoms with van der Waals surface area (Å²) in [6.07, 6.45) is 8.57. The van der Waals surface area contributed by atoms with E-state index in [0.717, 1.165) is 63.1 Å². The summed E-state index contributed by atoms with van der Waals surface area (Å²) < 4.78 is 0. The number of hydrogen-bond donors (Lipinski definition) is 2. The lowest BCUT2D eigenvalue weighted by atomic mass is 9.76. The smallest absolute Gasteiger partial charge is 0.244 e. The van der Waals surface area contributed by atoms with Crippen molar-refractivity contribution in [2.24, 2.45) is 5.41 Å². The van der Waals surface area contributed by atoms with Gasteiger partial charge >= 0.3 is 0 Å². The monoisotopic (exact) mass is 476 g/mol. The summed E-state index contributed by atoms with van der Waals surface area (Å²) in [4.78, 5) is 46.9. The molecular weight excluding hydrogens is 444 g/mol. The topological polar surface area (TPSA) is 107 Å². The Hall–Kier alpha value is -3.27. The Bertz CT molecular complexity index is 1120. The molecule has 2 N–H and O–H groups in total. The van der Waals surface area contributed by atoms with Crippen molar-refractivity contribution < 1.29 is 9.59 Å². The Morgan fingerprint density at radius 1 is 1.06 bits per heavy atom. The predicted molar refractivity (Wildman–Crippen MR) is 133 cm³/mol. The molecule has 0 bridgehead atoms. The van der Waals surface area contributed by atoms with Crippen LogP contribution in [-0.2, 0) is 16.0 Å². The van der Waals surface area contributed by atoms with Crippen molar-refractivity contribution >= 4 is 35.1 Å². The summed E-state index contributed by atoms with van der Waals surface area (Å²) in [6, 6.07) is 4.08. The fourth-order valence-corrected chi connectivity index (χ4v) is 5.89. The molecule has 4 aliphatic rings. The zero-order valence-corrected chi connectivity index (χ0v) is 20.2. The minimum atomic E-state index is -1.02. The largest absolute Gasteiger partial charge is 0.368 e. The van der Waals surface area contributed by atoms with Crippen LogP contribution in [0.3, 0.4) is 0 Å². The van der Waals surface area contributed by atoms with Crippen LogP contribution in [0.2, 0.25) is 0 Å². The summed E-state index contributed by atoms with van der Waals surface area (Å²) in [5.74, 6) is 1.43. The van der Waals surface area contributed by atoms with Crippen LogP contribution >= 0.6 is 0 Å². The van der Waals surface area contributed by atoms with E-state index in [0.29, 0.717) is 37.0 Å². The highest BCUT2D eigenvalue weighted by molar-refractivity contribution is 6.14. The number of carbonyl (C=O) groups is 2. The number of nitrogens with zero attached hydrogens (tertiary/aromatic N) is 6. The second-order valence-corrected chi connectivity index (χ2v) is 10.2. The second kappa shape index (κ2) is 8.75. The van der Waals surface area contributed by atoms with E-state index in [1.54, 1.807) is 6.20 Å². The highest BCUT2D eigenvalue weighted by Gasteiger charge is 2.56. The number of hydrogen-bond acceptors (Lipinski definition) is 8. The molecule has 3 aliphatic heterocycles. The molecule has 5 heterocycles. The molecule has 0 aromatic carbocycles. The molecular formula is C25H32N8O2. The molecule has 1 atom stereocenters. The zero-order valence-electron chi connectivity index (χ0n) is 20.2. The van der Waals surface area contributed by atoms with Gasteiger partial charge in [0.15, 0.2) is 0 Å². The first kappa shape index (κ1) is 22.2. The fourth-order valence-electron chi connectivity index (χ4n) is 5.89. The van der Waals surface area contributed by atoms with Gasteiger partial charge in [0.05, 0.1) is 11.9 Å². The Balaban J connectivity index is 1.26. The number of amides is 2. The van der Waals surface area contributed by atoms with E-state index in [1.165, 1.54) is 0 Å². The summed E-state index contributed by atoms with van der Waals surface area (Å²) in [5, 5.41) is 6.08. The second-order valence-electron chi connectivity index (χ2n) is 10.2. The lowest BCUT2D eigenvalue weighted by Crippen LogP contribution is -2.56. The Labute approximate surface area is 205 Å². The lowest BCUT2D eigenvalue weighted by Gasteiger charge is -2.40. The average molecular weight is 477 g/mol. The van der Waals surface area contributed by atoms with Crippen LogP contribution < -0.4 is 20.4 Å². The Morgan fingerprint density at radius 3 is 2.54 bits per heavy atom. The zero-order chi connectivity index (χ0) is 24.0. The number of pyridine rings is 1. The van der Waals surface area contributed by atoms with Crippen molar-refractivity contribution in [3.63, 3.8) is 0 Å². The maximum Gasteiger partial charge on any atom is 0.244 e. The van der Waals surface area contributed by atoms with Crippen LogP contribution in [-0.4, -0.2) is 77.5 Å². The van der Waals surface area contributed by atoms with Gasteiger partial charge in [-0.15, -0.1) is 0 Å². The van der Waals surface area contributed by atoms with Gasteiger partial charge in [0.25, 0.3) is 0 Å². The first-order valence-corrected chi connectivity index (χ1v) is 12.7. The molecule has 1 aliphatic carbocycles. The van der Waals surface area contributed by atoms with Gasteiger partial charge in [-0.25, -0.2) is 9.97 Å². The van der Waals surface area contributed by atoms with Gasteiger partial charge in [-0.05, 0) is 38.4 Å². The maximum absolute atomic E-state index is 13.8. The molecule has 1 saturated carbocycles. The van der Waals surface area contributed by atoms with E-state index >= 15 is 0 Å². The molecule has 2 amide bonds. The van der Waals surface area contributed by atoms with E-state index < -0.39 is 5.41 Å². The van der Waals surface area contributed by atoms with E-state index in [-0.39, 0.29) is 17.9 Å². The molecule has 3 fully saturated rings. The third-order valence-corrected chi connectivity index (χ3v) is 8.01. The molecule has 184 valence electrons. The number of anilines is 4. The number of likely N-dealkylation sites (N-methyl/N-ethyl adjacent to an activating group) is 1. The van der Waals surface area contributed by atoms with Crippen molar-refractivity contribution in [2.75, 3.05) is 54.9 Å². The van der Waals surface area contributed by atoms with Crippen LogP contribution in [0.15, 0.2) is 24.5 Å². The highest BCUT2D eigenvalue weighted by Crippen LogP contribution is 2.44. The van der Waals surface area contributed by atoms with Crippen LogP contribution in [0.1, 0.15) is 37.7 Å². The van der Waals surface area contributed by atoms with Crippen LogP contribution in [0.5, 0.6) is 0 Å². The molecule has 2 aromatic heterocycles. The number of nitrogens with one attached hydrogen (secondary N) is 2. The Morgan fingerprint density at radius 2 is 1.86 bits per heavy atom. The van der Waals surface area contributed by atoms with Crippen LogP contribution in [0.25, 0.3) is 0 Å². The van der Waals surface area contributed by atoms with Gasteiger partial charge in [0, 0.05) is 56.9 Å². The standard InChI is InChI=1S/C25H32N8O2/c1-31-10-12-32(13-11-31)19-6-7-20(27-16-19)29-24-28-15-17-14-25(8-9-26-22(25)34)23(35)33(21(17)30-24)18-4-2-3-5-18/h6-7,15-16,18H,2-5,8-14H2,1H3,(H,26,34)(H,27,28,29,30)/t25-/m1/s1. The number of fused-ring (bicyclic) bond motifs is 1. The molecule has 10 heteroatoms. The van der Waals surface area contributed by atoms with Crippen molar-refractivity contribution in [3.8, 4) is 0 Å². The number of carbonyl (C=O) groups excluding carboxylic acids is 2. The first-order chi connectivity index (χ1) is 17.0. The van der Waals surface area contributed by atoms with Crippen LogP contribution in [0, 0.1) is 5.41 Å². The van der Waals surface area contributed by atoms with Gasteiger partial charge in [-0.1, -0.05) is 12.8 Å². The average Bonchev–Trinajstić information content (AvgIpc) is 3.52. The van der Waals surface area contributed by atoms with E-state index in [2.05, 4.69) is 43.5 Å². The van der Waals surface area contributed by atoms with E-state index in [9.17, 15) is 9.59 Å². The van der Waals surface area contributed by atoms with E-state index in [4.69, 9.17) is 4.98 Å². The summed E-state index contributed by atoms with van der Waals surface area (Å²) >= 11 is 0. The summed E-state index contributed by atoms with van der Waals surface area (Å²) in [6.45, 7) is 4.60. The molecule has 0 radical (unpaired) electrons. The van der Waals surface area contributed by atoms with Gasteiger partial charge in [0.1, 0.15) is 17.1 Å². The van der Waals surface area contributed by atoms with Crippen molar-refractivity contribution in [3.05, 3.63) is 30.1 Å². The molecule has 0 unspecified atom stereocenters. The van der Waals surface area contributed by atoms with Crippen molar-refractivity contribution in [2.45, 2.75) is 44.6 Å². The van der Waals surface area contributed by atoms with E-state index in [1.807, 2.05) is 17.2 Å². The van der Waals surface area contributed by atoms with Gasteiger partial charge in [0.2, 0.25) is 17.8 Å². The minimum Gasteiger partial charge on any atom is -0.368 e. The summed E-state index contributed by atoms with van der Waals surface area (Å²) in [7, 11) is 2.14. The first-order valence-electron chi connectivity index (χ1n) is 12.7. The molecule has 1 spiro atoms. The van der Waals surface area contributed by atoms with Crippen molar-refractivity contribution in [1.82, 2.24) is 25.2 Å². The molecule has 35 heavy (non-hydrogen) atoms. The van der Waals surface area contributed by atoms with Gasteiger partial charge in [-0.3, -0.25) is 14.5 Å². The summed E-state index contributed by atoms with van der Waals surface area (Å²) in [5.41, 5.74) is 0.944. The SMILES string of the molecule is CN1CCN(c2ccc(Nc3ncc4c(n3)N(C3CCCC3)C(=O)[C@]3(CCNC3=O)C4)nc2)CC1. The fraction of sp³-hybridized carbons (Fsp3) is 0.560. The quantitative estimate of drug-likeness (QED) is 0.643. The third-order valence-electron chi connectivity index (χ3n) is 8.01. The van der Waals surface area contributed by atoms with Crippen molar-refractivity contribution in [1.29, 1.82) is 0 Å². The molecule has 2 aromatic rings. The lowest BCUT2D eigenvalue weighted by molar-refractivity contribution is -0.140. The normalized spacial score (nSPS) is 25.3. The number of piperazine rings is 1. The van der Waals surface area contributed by atoms with Gasteiger partial charge < -0.3 is 20.4 Å². The highest BCUT2D eigenvalue weighted by atomic mass is 16.2. The third kappa shape index (κ3) is 3.89. The number of rotatable bonds is 4. The Kier molecular flexibility index (Phi) is 5.55. The minimum absolute atomic E-state index is 0.0792. The van der Waals surface area contributed by atoms with Crippen LogP contribution in [0.4, 0.5) is 23.3 Å². The van der Waals surface area contributed by atoms with Gasteiger partial charge in [-0.2, -0.15) is 4.98 Å². The number of aromatic nitrogens is 3. The molecule has 6 rings (SSSR count). The molecule has 10 nitrogen and oxygen atoms in total. The predicted octanol–water partition coefficient (Wildman–Crippen LogP) is 1.71.